The molecular formula is C16H33F3N2. The first-order valence-electron chi connectivity index (χ1n) is 8.36. The normalized spacial score (nSPS) is 14.7. The molecule has 0 aromatic heterocycles. The topological polar surface area (TPSA) is 15.3 Å². The second-order valence-corrected chi connectivity index (χ2v) is 5.64. The molecule has 0 aliphatic heterocycles. The number of alkyl halides is 3. The number of hydrogen-bond acceptors (Lipinski definition) is 2. The summed E-state index contributed by atoms with van der Waals surface area (Å²) in [5.41, 5.74) is -0.191. The van der Waals surface area contributed by atoms with E-state index in [1.807, 2.05) is 6.92 Å². The molecule has 0 rings (SSSR count). The number of rotatable bonds is 11. The third-order valence-electron chi connectivity index (χ3n) is 4.62. The molecule has 0 amide bonds. The summed E-state index contributed by atoms with van der Waals surface area (Å²) in [4.78, 5) is 2.33. The average molecular weight is 310 g/mol. The lowest BCUT2D eigenvalue weighted by atomic mass is 9.80. The maximum atomic E-state index is 12.7. The smallest absolute Gasteiger partial charge is 0.312 e. The summed E-state index contributed by atoms with van der Waals surface area (Å²) in [7, 11) is 0. The predicted molar refractivity (Wildman–Crippen MR) is 83.6 cm³/mol. The Bertz CT molecular complexity index is 259. The van der Waals surface area contributed by atoms with Crippen molar-refractivity contribution >= 4 is 0 Å². The standard InChI is InChI=1S/C16H33F3N2/c1-6-13-20-14(11-12-16(17,18)19)15(7-2,8-3)21(9-4)10-5/h14,20H,6-13H2,1-5H3. The molecule has 2 nitrogen and oxygen atoms in total. The van der Waals surface area contributed by atoms with E-state index < -0.39 is 12.6 Å². The van der Waals surface area contributed by atoms with Gasteiger partial charge in [0, 0.05) is 18.0 Å². The van der Waals surface area contributed by atoms with E-state index in [1.165, 1.54) is 0 Å². The molecule has 0 fully saturated rings. The first kappa shape index (κ1) is 20.7. The zero-order chi connectivity index (χ0) is 16.5. The Morgan fingerprint density at radius 1 is 0.952 bits per heavy atom. The second-order valence-electron chi connectivity index (χ2n) is 5.64. The lowest BCUT2D eigenvalue weighted by molar-refractivity contribution is -0.139. The van der Waals surface area contributed by atoms with Gasteiger partial charge in [0.1, 0.15) is 0 Å². The van der Waals surface area contributed by atoms with Gasteiger partial charge in [0.05, 0.1) is 0 Å². The third kappa shape index (κ3) is 6.15. The van der Waals surface area contributed by atoms with E-state index in [2.05, 4.69) is 37.9 Å². The van der Waals surface area contributed by atoms with Crippen LogP contribution in [0.3, 0.4) is 0 Å². The van der Waals surface area contributed by atoms with Crippen molar-refractivity contribution in [2.45, 2.75) is 84.5 Å². The van der Waals surface area contributed by atoms with Gasteiger partial charge in [-0.25, -0.2) is 0 Å². The maximum absolute atomic E-state index is 12.7. The Morgan fingerprint density at radius 2 is 1.48 bits per heavy atom. The van der Waals surface area contributed by atoms with E-state index in [1.54, 1.807) is 0 Å². The zero-order valence-corrected chi connectivity index (χ0v) is 14.3. The van der Waals surface area contributed by atoms with Gasteiger partial charge in [0.25, 0.3) is 0 Å². The molecule has 5 heteroatoms. The minimum absolute atomic E-state index is 0.117. The summed E-state index contributed by atoms with van der Waals surface area (Å²) in [5, 5.41) is 3.39. The van der Waals surface area contributed by atoms with Crippen molar-refractivity contribution in [3.63, 3.8) is 0 Å². The second kappa shape index (κ2) is 9.67. The molecule has 1 unspecified atom stereocenters. The molecule has 0 radical (unpaired) electrons. The molecule has 0 aromatic rings. The Labute approximate surface area is 128 Å². The van der Waals surface area contributed by atoms with Crippen LogP contribution in [0.2, 0.25) is 0 Å². The van der Waals surface area contributed by atoms with Crippen LogP contribution in [0.5, 0.6) is 0 Å². The fourth-order valence-electron chi connectivity index (χ4n) is 3.45. The van der Waals surface area contributed by atoms with Gasteiger partial charge in [0.2, 0.25) is 0 Å². The van der Waals surface area contributed by atoms with Gasteiger partial charge in [-0.15, -0.1) is 0 Å². The number of nitrogens with zero attached hydrogens (tertiary/aromatic N) is 1. The van der Waals surface area contributed by atoms with E-state index >= 15 is 0 Å². The van der Waals surface area contributed by atoms with Crippen LogP contribution in [0, 0.1) is 0 Å². The van der Waals surface area contributed by atoms with Gasteiger partial charge < -0.3 is 5.32 Å². The fourth-order valence-corrected chi connectivity index (χ4v) is 3.45. The van der Waals surface area contributed by atoms with E-state index in [-0.39, 0.29) is 18.0 Å². The van der Waals surface area contributed by atoms with Gasteiger partial charge in [-0.1, -0.05) is 34.6 Å². The Balaban J connectivity index is 5.25. The Kier molecular flexibility index (Phi) is 9.54. The van der Waals surface area contributed by atoms with E-state index in [9.17, 15) is 13.2 Å². The van der Waals surface area contributed by atoms with Crippen LogP contribution in [0.4, 0.5) is 13.2 Å². The van der Waals surface area contributed by atoms with E-state index in [0.717, 1.165) is 38.9 Å². The van der Waals surface area contributed by atoms with Gasteiger partial charge in [-0.3, -0.25) is 4.90 Å². The van der Waals surface area contributed by atoms with Gasteiger partial charge >= 0.3 is 6.18 Å². The molecule has 0 bridgehead atoms. The number of halogens is 3. The van der Waals surface area contributed by atoms with Crippen molar-refractivity contribution in [3.8, 4) is 0 Å². The summed E-state index contributed by atoms with van der Waals surface area (Å²) in [6.07, 6.45) is -1.97. The van der Waals surface area contributed by atoms with Crippen LogP contribution in [0.25, 0.3) is 0 Å². The van der Waals surface area contributed by atoms with Crippen LogP contribution >= 0.6 is 0 Å². The third-order valence-corrected chi connectivity index (χ3v) is 4.62. The van der Waals surface area contributed by atoms with Crippen molar-refractivity contribution in [2.24, 2.45) is 0 Å². The zero-order valence-electron chi connectivity index (χ0n) is 14.3. The molecule has 0 aromatic carbocycles. The molecule has 0 spiro atoms. The van der Waals surface area contributed by atoms with Crippen LogP contribution in [-0.2, 0) is 0 Å². The molecule has 0 heterocycles. The number of nitrogens with one attached hydrogen (secondary N) is 1. The van der Waals surface area contributed by atoms with Crippen molar-refractivity contribution in [3.05, 3.63) is 0 Å². The summed E-state index contributed by atoms with van der Waals surface area (Å²) in [5.74, 6) is 0. The summed E-state index contributed by atoms with van der Waals surface area (Å²) in [6, 6.07) is -0.117. The fraction of sp³-hybridized carbons (Fsp3) is 1.00. The number of hydrogen-bond donors (Lipinski definition) is 1. The molecule has 1 N–H and O–H groups in total. The lowest BCUT2D eigenvalue weighted by Gasteiger charge is -2.48. The Morgan fingerprint density at radius 3 is 1.81 bits per heavy atom. The summed E-state index contributed by atoms with van der Waals surface area (Å²) < 4.78 is 38.0. The molecule has 21 heavy (non-hydrogen) atoms. The summed E-state index contributed by atoms with van der Waals surface area (Å²) in [6.45, 7) is 12.9. The highest BCUT2D eigenvalue weighted by molar-refractivity contribution is 4.98. The van der Waals surface area contributed by atoms with Gasteiger partial charge in [-0.05, 0) is 45.3 Å². The molecule has 0 saturated carbocycles. The highest BCUT2D eigenvalue weighted by Gasteiger charge is 2.41. The highest BCUT2D eigenvalue weighted by atomic mass is 19.4. The predicted octanol–water partition coefficient (Wildman–Crippen LogP) is 4.60. The van der Waals surface area contributed by atoms with Crippen LogP contribution < -0.4 is 5.32 Å². The van der Waals surface area contributed by atoms with Crippen molar-refractivity contribution in [1.29, 1.82) is 0 Å². The SMILES string of the molecule is CCCNC(CCC(F)(F)F)C(CC)(CC)N(CC)CC. The van der Waals surface area contributed by atoms with Crippen LogP contribution in [0.15, 0.2) is 0 Å². The van der Waals surface area contributed by atoms with Crippen LogP contribution in [0.1, 0.15) is 66.7 Å². The largest absolute Gasteiger partial charge is 0.389 e. The minimum atomic E-state index is -4.08. The molecule has 1 atom stereocenters. The summed E-state index contributed by atoms with van der Waals surface area (Å²) >= 11 is 0. The van der Waals surface area contributed by atoms with Crippen molar-refractivity contribution < 1.29 is 13.2 Å². The maximum Gasteiger partial charge on any atom is 0.389 e. The van der Waals surface area contributed by atoms with Crippen LogP contribution in [-0.4, -0.2) is 42.3 Å². The lowest BCUT2D eigenvalue weighted by Crippen LogP contribution is -2.61. The molecule has 0 aliphatic carbocycles. The van der Waals surface area contributed by atoms with Gasteiger partial charge in [0.15, 0.2) is 0 Å². The first-order valence-corrected chi connectivity index (χ1v) is 8.36. The molecule has 0 aliphatic rings. The van der Waals surface area contributed by atoms with Crippen molar-refractivity contribution in [1.82, 2.24) is 10.2 Å². The molecular weight excluding hydrogens is 277 g/mol. The Hall–Kier alpha value is -0.290. The monoisotopic (exact) mass is 310 g/mol. The quantitative estimate of drug-likeness (QED) is 0.600. The van der Waals surface area contributed by atoms with Crippen molar-refractivity contribution in [2.75, 3.05) is 19.6 Å². The van der Waals surface area contributed by atoms with E-state index in [0.29, 0.717) is 0 Å². The molecule has 0 saturated heterocycles. The minimum Gasteiger partial charge on any atom is -0.312 e. The average Bonchev–Trinajstić information content (AvgIpc) is 2.44. The molecule has 128 valence electrons. The first-order chi connectivity index (χ1) is 9.81. The van der Waals surface area contributed by atoms with Gasteiger partial charge in [-0.2, -0.15) is 13.2 Å². The highest BCUT2D eigenvalue weighted by Crippen LogP contribution is 2.33. The van der Waals surface area contributed by atoms with E-state index in [4.69, 9.17) is 0 Å². The number of likely N-dealkylation sites (N-methyl/N-ethyl adjacent to an activating group) is 1.